The Balaban J connectivity index is 2.43. The Kier molecular flexibility index (Phi) is 4.84. The highest BCUT2D eigenvalue weighted by Crippen LogP contribution is 2.31. The fourth-order valence-corrected chi connectivity index (χ4v) is 2.05. The van der Waals surface area contributed by atoms with E-state index in [2.05, 4.69) is 4.74 Å². The normalized spacial score (nSPS) is 10.9. The molecule has 1 heterocycles. The smallest absolute Gasteiger partial charge is 0.337 e. The minimum Gasteiger partial charge on any atom is -0.465 e. The summed E-state index contributed by atoms with van der Waals surface area (Å²) < 4.78 is 10.2. The third-order valence-electron chi connectivity index (χ3n) is 2.95. The van der Waals surface area contributed by atoms with Gasteiger partial charge in [0.25, 0.3) is 5.91 Å². The third kappa shape index (κ3) is 3.59. The van der Waals surface area contributed by atoms with Crippen LogP contribution in [0.25, 0.3) is 17.4 Å². The number of methoxy groups -OCH3 is 1. The second-order valence-corrected chi connectivity index (χ2v) is 4.83. The van der Waals surface area contributed by atoms with E-state index in [0.29, 0.717) is 21.9 Å². The monoisotopic (exact) mass is 330 g/mol. The first kappa shape index (κ1) is 16.3. The van der Waals surface area contributed by atoms with Crippen LogP contribution < -0.4 is 5.73 Å². The van der Waals surface area contributed by atoms with Crippen LogP contribution >= 0.6 is 11.6 Å². The van der Waals surface area contributed by atoms with Gasteiger partial charge in [-0.3, -0.25) is 4.79 Å². The molecule has 2 N–H and O–H groups in total. The van der Waals surface area contributed by atoms with Crippen LogP contribution in [0.2, 0.25) is 5.02 Å². The predicted molar refractivity (Wildman–Crippen MR) is 83.3 cm³/mol. The summed E-state index contributed by atoms with van der Waals surface area (Å²) in [7, 11) is 1.28. The number of nitrogens with zero attached hydrogens (tertiary/aromatic N) is 1. The van der Waals surface area contributed by atoms with Crippen molar-refractivity contribution in [2.24, 2.45) is 5.73 Å². The molecule has 116 valence electrons. The number of primary amides is 1. The van der Waals surface area contributed by atoms with E-state index >= 15 is 0 Å². The van der Waals surface area contributed by atoms with Crippen LogP contribution in [0.3, 0.4) is 0 Å². The van der Waals surface area contributed by atoms with Gasteiger partial charge in [-0.1, -0.05) is 11.6 Å². The number of nitriles is 1. The van der Waals surface area contributed by atoms with E-state index in [9.17, 15) is 9.59 Å². The number of carbonyl (C=O) groups excluding carboxylic acids is 2. The molecule has 2 aromatic rings. The topological polar surface area (TPSA) is 106 Å². The molecule has 6 nitrogen and oxygen atoms in total. The molecule has 0 fully saturated rings. The molecule has 0 saturated heterocycles. The van der Waals surface area contributed by atoms with E-state index in [4.69, 9.17) is 27.0 Å². The molecule has 1 aromatic carbocycles. The number of amides is 1. The van der Waals surface area contributed by atoms with Crippen molar-refractivity contribution < 1.29 is 18.7 Å². The van der Waals surface area contributed by atoms with Gasteiger partial charge in [-0.15, -0.1) is 0 Å². The minimum atomic E-state index is -0.851. The van der Waals surface area contributed by atoms with Gasteiger partial charge in [0.15, 0.2) is 0 Å². The number of carbonyl (C=O) groups is 2. The van der Waals surface area contributed by atoms with Crippen molar-refractivity contribution in [3.8, 4) is 17.4 Å². The standard InChI is InChI=1S/C16H11ClN2O4/c1-22-16(21)9-2-4-13(17)12(7-9)14-5-3-11(23-14)6-10(8-18)15(19)20/h2-7H,1H3,(H2,19,20)/b10-6+. The molecular weight excluding hydrogens is 320 g/mol. The van der Waals surface area contributed by atoms with Gasteiger partial charge in [0.05, 0.1) is 17.7 Å². The van der Waals surface area contributed by atoms with Crippen molar-refractivity contribution in [2.45, 2.75) is 0 Å². The Morgan fingerprint density at radius 2 is 2.09 bits per heavy atom. The molecule has 1 amide bonds. The van der Waals surface area contributed by atoms with Gasteiger partial charge in [0.2, 0.25) is 0 Å². The summed E-state index contributed by atoms with van der Waals surface area (Å²) in [6.07, 6.45) is 1.23. The maximum absolute atomic E-state index is 11.6. The number of furan rings is 1. The lowest BCUT2D eigenvalue weighted by Crippen LogP contribution is -2.12. The summed E-state index contributed by atoms with van der Waals surface area (Å²) >= 11 is 6.12. The number of benzene rings is 1. The predicted octanol–water partition coefficient (Wildman–Crippen LogP) is 2.78. The quantitative estimate of drug-likeness (QED) is 0.527. The summed E-state index contributed by atoms with van der Waals surface area (Å²) in [4.78, 5) is 22.6. The van der Waals surface area contributed by atoms with E-state index in [-0.39, 0.29) is 11.3 Å². The molecule has 2 rings (SSSR count). The largest absolute Gasteiger partial charge is 0.465 e. The van der Waals surface area contributed by atoms with Crippen LogP contribution in [0.15, 0.2) is 40.3 Å². The minimum absolute atomic E-state index is 0.236. The Bertz CT molecular complexity index is 846. The fourth-order valence-electron chi connectivity index (χ4n) is 1.83. The summed E-state index contributed by atoms with van der Waals surface area (Å²) in [6, 6.07) is 9.44. The average Bonchev–Trinajstić information content (AvgIpc) is 3.00. The second-order valence-electron chi connectivity index (χ2n) is 4.42. The zero-order chi connectivity index (χ0) is 17.0. The Morgan fingerprint density at radius 1 is 1.35 bits per heavy atom. The molecule has 0 spiro atoms. The van der Waals surface area contributed by atoms with Crippen LogP contribution in [0.5, 0.6) is 0 Å². The molecule has 0 aliphatic carbocycles. The number of hydrogen-bond donors (Lipinski definition) is 1. The molecule has 0 saturated carbocycles. The SMILES string of the molecule is COC(=O)c1ccc(Cl)c(-c2ccc(/C=C(\C#N)C(N)=O)o2)c1. The molecular formula is C16H11ClN2O4. The average molecular weight is 331 g/mol. The van der Waals surface area contributed by atoms with Crippen molar-refractivity contribution in [3.63, 3.8) is 0 Å². The van der Waals surface area contributed by atoms with Gasteiger partial charge in [-0.05, 0) is 30.3 Å². The van der Waals surface area contributed by atoms with Crippen molar-refractivity contribution >= 4 is 29.6 Å². The molecule has 7 heteroatoms. The number of rotatable bonds is 4. The van der Waals surface area contributed by atoms with Crippen molar-refractivity contribution in [1.82, 2.24) is 0 Å². The second kappa shape index (κ2) is 6.81. The maximum atomic E-state index is 11.6. The highest BCUT2D eigenvalue weighted by atomic mass is 35.5. The molecule has 0 aliphatic heterocycles. The summed E-state index contributed by atoms with van der Waals surface area (Å²) in [5, 5.41) is 9.19. The summed E-state index contributed by atoms with van der Waals surface area (Å²) in [5.74, 6) is -0.727. The molecule has 1 aromatic heterocycles. The Morgan fingerprint density at radius 3 is 2.70 bits per heavy atom. The van der Waals surface area contributed by atoms with Gasteiger partial charge in [0.1, 0.15) is 23.2 Å². The van der Waals surface area contributed by atoms with Crippen LogP contribution in [-0.4, -0.2) is 19.0 Å². The Labute approximate surface area is 136 Å². The van der Waals surface area contributed by atoms with E-state index in [0.717, 1.165) is 0 Å². The van der Waals surface area contributed by atoms with E-state index < -0.39 is 11.9 Å². The van der Waals surface area contributed by atoms with Crippen LogP contribution in [0.4, 0.5) is 0 Å². The molecule has 0 unspecified atom stereocenters. The van der Waals surface area contributed by atoms with Crippen molar-refractivity contribution in [1.29, 1.82) is 5.26 Å². The highest BCUT2D eigenvalue weighted by molar-refractivity contribution is 6.33. The summed E-state index contributed by atoms with van der Waals surface area (Å²) in [5.41, 5.74) is 5.62. The van der Waals surface area contributed by atoms with E-state index in [1.54, 1.807) is 24.3 Å². The van der Waals surface area contributed by atoms with Gasteiger partial charge in [-0.2, -0.15) is 5.26 Å². The van der Waals surface area contributed by atoms with E-state index in [1.807, 2.05) is 0 Å². The van der Waals surface area contributed by atoms with Crippen molar-refractivity contribution in [2.75, 3.05) is 7.11 Å². The lowest BCUT2D eigenvalue weighted by molar-refractivity contribution is -0.114. The number of nitrogens with two attached hydrogens (primary N) is 1. The lowest BCUT2D eigenvalue weighted by Gasteiger charge is -2.04. The van der Waals surface area contributed by atoms with Crippen LogP contribution in [0, 0.1) is 11.3 Å². The Hall–Kier alpha value is -3.04. The zero-order valence-electron chi connectivity index (χ0n) is 12.0. The lowest BCUT2D eigenvalue weighted by atomic mass is 10.1. The summed E-state index contributed by atoms with van der Waals surface area (Å²) in [6.45, 7) is 0. The molecule has 0 atom stereocenters. The van der Waals surface area contributed by atoms with E-state index in [1.165, 1.54) is 25.3 Å². The molecule has 0 bridgehead atoms. The molecule has 23 heavy (non-hydrogen) atoms. The zero-order valence-corrected chi connectivity index (χ0v) is 12.8. The first-order valence-electron chi connectivity index (χ1n) is 6.36. The first-order chi connectivity index (χ1) is 11.0. The number of ether oxygens (including phenoxy) is 1. The van der Waals surface area contributed by atoms with Gasteiger partial charge in [0, 0.05) is 11.6 Å². The fraction of sp³-hybridized carbons (Fsp3) is 0.0625. The van der Waals surface area contributed by atoms with Crippen molar-refractivity contribution in [3.05, 3.63) is 52.3 Å². The van der Waals surface area contributed by atoms with Gasteiger partial charge < -0.3 is 14.9 Å². The van der Waals surface area contributed by atoms with Crippen LogP contribution in [-0.2, 0) is 9.53 Å². The van der Waals surface area contributed by atoms with Crippen LogP contribution in [0.1, 0.15) is 16.1 Å². The van der Waals surface area contributed by atoms with Gasteiger partial charge in [-0.25, -0.2) is 4.79 Å². The highest BCUT2D eigenvalue weighted by Gasteiger charge is 2.13. The molecule has 0 radical (unpaired) electrons. The maximum Gasteiger partial charge on any atom is 0.337 e. The third-order valence-corrected chi connectivity index (χ3v) is 3.28. The first-order valence-corrected chi connectivity index (χ1v) is 6.73. The number of hydrogen-bond acceptors (Lipinski definition) is 5. The molecule has 0 aliphatic rings. The number of esters is 1. The van der Waals surface area contributed by atoms with Gasteiger partial charge >= 0.3 is 5.97 Å². The number of halogens is 1.